The normalized spacial score (nSPS) is 25.1. The van der Waals surface area contributed by atoms with Crippen LogP contribution in [0.3, 0.4) is 0 Å². The van der Waals surface area contributed by atoms with E-state index in [1.165, 1.54) is 0 Å². The van der Waals surface area contributed by atoms with Crippen LogP contribution in [0.4, 0.5) is 5.95 Å². The smallest absolute Gasteiger partial charge is 0.476 e. The number of rotatable bonds is 11. The molecule has 14 nitrogen and oxygen atoms in total. The van der Waals surface area contributed by atoms with E-state index >= 15 is 0 Å². The van der Waals surface area contributed by atoms with Crippen molar-refractivity contribution >= 4 is 43.9 Å². The maximum atomic E-state index is 12.3. The maximum Gasteiger partial charge on any atom is 0.494 e. The number of carbonyl (C=O) groups is 1. The number of imidazole rings is 1. The van der Waals surface area contributed by atoms with Crippen LogP contribution in [0.2, 0.25) is 0 Å². The third kappa shape index (κ3) is 5.51. The van der Waals surface area contributed by atoms with Gasteiger partial charge in [0.25, 0.3) is 0 Å². The molecule has 3 aromatic rings. The van der Waals surface area contributed by atoms with Crippen molar-refractivity contribution in [2.75, 3.05) is 32.2 Å². The van der Waals surface area contributed by atoms with Crippen LogP contribution in [0, 0.1) is 0 Å². The molecular weight excluding hydrogens is 532 g/mol. The van der Waals surface area contributed by atoms with Crippen LogP contribution in [0.15, 0.2) is 36.7 Å². The molecule has 2 aliphatic heterocycles. The van der Waals surface area contributed by atoms with Crippen LogP contribution in [0.5, 0.6) is 5.88 Å². The van der Waals surface area contributed by atoms with Gasteiger partial charge in [-0.2, -0.15) is 9.97 Å². The third-order valence-electron chi connectivity index (χ3n) is 6.32. The predicted octanol–water partition coefficient (Wildman–Crippen LogP) is 1.26. The molecule has 39 heavy (non-hydrogen) atoms. The largest absolute Gasteiger partial charge is 0.494 e. The van der Waals surface area contributed by atoms with Crippen LogP contribution in [-0.2, 0) is 37.2 Å². The lowest BCUT2D eigenvalue weighted by Crippen LogP contribution is -2.42. The maximum absolute atomic E-state index is 12.3. The summed E-state index contributed by atoms with van der Waals surface area (Å²) < 4.78 is 54.0. The minimum atomic E-state index is -3.02. The van der Waals surface area contributed by atoms with Gasteiger partial charge < -0.3 is 33.8 Å². The zero-order chi connectivity index (χ0) is 27.6. The number of carbonyl (C=O) groups excluding carboxylic acids is 1. The highest BCUT2D eigenvalue weighted by molar-refractivity contribution is 7.33. The highest BCUT2D eigenvalue weighted by atomic mass is 31.1. The Kier molecular flexibility index (Phi) is 8.17. The predicted molar refractivity (Wildman–Crippen MR) is 139 cm³/mol. The summed E-state index contributed by atoms with van der Waals surface area (Å²) >= 11 is 0. The average molecular weight is 561 g/mol. The molecule has 0 saturated carbocycles. The molecule has 1 aromatic carbocycles. The Morgan fingerprint density at radius 3 is 2.74 bits per heavy atom. The molecule has 0 radical (unpaired) electrons. The summed E-state index contributed by atoms with van der Waals surface area (Å²) in [6.45, 7) is 5.25. The van der Waals surface area contributed by atoms with Gasteiger partial charge in [0.2, 0.25) is 11.8 Å². The van der Waals surface area contributed by atoms with E-state index in [9.17, 15) is 9.36 Å². The minimum absolute atomic E-state index is 0.00961. The number of anilines is 1. The van der Waals surface area contributed by atoms with Gasteiger partial charge in [-0.25, -0.2) is 9.78 Å². The molecule has 1 unspecified atom stereocenters. The highest BCUT2D eigenvalue weighted by Crippen LogP contribution is 2.48. The van der Waals surface area contributed by atoms with Crippen molar-refractivity contribution in [3.05, 3.63) is 36.7 Å². The Labute approximate surface area is 225 Å². The number of aromatic nitrogens is 4. The molecule has 0 aliphatic carbocycles. The van der Waals surface area contributed by atoms with E-state index in [0.29, 0.717) is 17.8 Å². The molecular formula is C23H29BN5O9P. The number of fused-ring (bicyclic) bond motifs is 2. The summed E-state index contributed by atoms with van der Waals surface area (Å²) in [7, 11) is -3.72. The fraction of sp³-hybridized carbons (Fsp3) is 0.478. The molecule has 0 bridgehead atoms. The van der Waals surface area contributed by atoms with Crippen molar-refractivity contribution < 1.29 is 41.9 Å². The van der Waals surface area contributed by atoms with Crippen LogP contribution < -0.4 is 15.9 Å². The van der Waals surface area contributed by atoms with E-state index in [0.717, 1.165) is 5.46 Å². The molecule has 4 heterocycles. The zero-order valence-corrected chi connectivity index (χ0v) is 22.6. The summed E-state index contributed by atoms with van der Waals surface area (Å²) in [5.74, 6) is -0.376. The van der Waals surface area contributed by atoms with Gasteiger partial charge in [0.05, 0.1) is 26.1 Å². The number of hydrogen-bond acceptors (Lipinski definition) is 13. The molecule has 0 spiro atoms. The van der Waals surface area contributed by atoms with E-state index in [2.05, 4.69) is 15.0 Å². The quantitative estimate of drug-likeness (QED) is 0.202. The number of nitrogens with zero attached hydrogens (tertiary/aromatic N) is 4. The summed E-state index contributed by atoms with van der Waals surface area (Å²) in [4.78, 5) is 24.5. The molecule has 5 rings (SSSR count). The van der Waals surface area contributed by atoms with Gasteiger partial charge in [0.1, 0.15) is 17.8 Å². The lowest BCUT2D eigenvalue weighted by molar-refractivity contribution is -0.145. The van der Waals surface area contributed by atoms with Crippen LogP contribution in [0.25, 0.3) is 11.2 Å². The summed E-state index contributed by atoms with van der Waals surface area (Å²) in [6.07, 6.45) is -0.615. The fourth-order valence-corrected chi connectivity index (χ4v) is 5.29. The van der Waals surface area contributed by atoms with Gasteiger partial charge >= 0.3 is 21.3 Å². The van der Waals surface area contributed by atoms with E-state index in [4.69, 9.17) is 38.3 Å². The second-order valence-electron chi connectivity index (χ2n) is 8.93. The molecule has 208 valence electrons. The van der Waals surface area contributed by atoms with E-state index in [1.807, 2.05) is 44.2 Å². The Hall–Kier alpha value is -3.07. The van der Waals surface area contributed by atoms with Gasteiger partial charge in [0.15, 0.2) is 24.0 Å². The van der Waals surface area contributed by atoms with Crippen molar-refractivity contribution in [3.8, 4) is 5.88 Å². The molecule has 2 saturated heterocycles. The topological polar surface area (TPSA) is 168 Å². The summed E-state index contributed by atoms with van der Waals surface area (Å²) in [5, 5.41) is 0. The highest BCUT2D eigenvalue weighted by Gasteiger charge is 2.63. The Balaban J connectivity index is 1.42. The Morgan fingerprint density at radius 2 is 2.00 bits per heavy atom. The monoisotopic (exact) mass is 561 g/mol. The van der Waals surface area contributed by atoms with Gasteiger partial charge in [-0.1, -0.05) is 30.3 Å². The first kappa shape index (κ1) is 27.5. The number of nitrogens with two attached hydrogens (primary N) is 1. The lowest BCUT2D eigenvalue weighted by atomic mass is 9.79. The van der Waals surface area contributed by atoms with Crippen molar-refractivity contribution in [1.29, 1.82) is 0 Å². The molecule has 2 N–H and O–H groups in total. The Bertz CT molecular complexity index is 1350. The number of ether oxygens (including phenoxy) is 3. The van der Waals surface area contributed by atoms with Gasteiger partial charge in [-0.3, -0.25) is 13.7 Å². The number of hydrogen-bond donors (Lipinski definition) is 1. The molecule has 0 amide bonds. The van der Waals surface area contributed by atoms with E-state index in [1.54, 1.807) is 17.8 Å². The van der Waals surface area contributed by atoms with E-state index in [-0.39, 0.29) is 25.0 Å². The number of benzene rings is 1. The summed E-state index contributed by atoms with van der Waals surface area (Å²) in [6, 6.07) is 9.47. The van der Waals surface area contributed by atoms with Gasteiger partial charge in [0, 0.05) is 0 Å². The van der Waals surface area contributed by atoms with Crippen molar-refractivity contribution in [3.63, 3.8) is 0 Å². The lowest BCUT2D eigenvalue weighted by Gasteiger charge is -2.29. The number of esters is 1. The van der Waals surface area contributed by atoms with Gasteiger partial charge in [-0.05, 0) is 26.2 Å². The molecule has 16 heteroatoms. The van der Waals surface area contributed by atoms with E-state index < -0.39 is 52.0 Å². The third-order valence-corrected chi connectivity index (χ3v) is 7.10. The minimum Gasteiger partial charge on any atom is -0.476 e. The summed E-state index contributed by atoms with van der Waals surface area (Å²) in [5.41, 5.74) is 6.52. The van der Waals surface area contributed by atoms with Crippen LogP contribution >= 0.6 is 8.25 Å². The molecule has 2 fully saturated rings. The zero-order valence-electron chi connectivity index (χ0n) is 21.6. The van der Waals surface area contributed by atoms with Crippen molar-refractivity contribution in [2.24, 2.45) is 0 Å². The first-order valence-corrected chi connectivity index (χ1v) is 13.7. The second kappa shape index (κ2) is 11.6. The van der Waals surface area contributed by atoms with Gasteiger partial charge in [-0.15, -0.1) is 0 Å². The van der Waals surface area contributed by atoms with Crippen molar-refractivity contribution in [1.82, 2.24) is 19.5 Å². The van der Waals surface area contributed by atoms with Crippen molar-refractivity contribution in [2.45, 2.75) is 44.8 Å². The first-order valence-electron chi connectivity index (χ1n) is 12.5. The molecule has 2 aromatic heterocycles. The van der Waals surface area contributed by atoms with Crippen LogP contribution in [0.1, 0.15) is 27.0 Å². The molecule has 2 aliphatic rings. The first-order chi connectivity index (χ1) is 18.8. The number of nitrogen functional groups attached to an aromatic ring is 1. The average Bonchev–Trinajstić information content (AvgIpc) is 3.57. The van der Waals surface area contributed by atoms with Crippen LogP contribution in [-0.4, -0.2) is 76.8 Å². The SMILES string of the molecule is CCOC(=O)CO[PH](=O)OC[C@H]1O[C@@H](n2cnc3c(OCC)nc(N)nc32)[C@]2(C)OB(c3ccccc3)O[C@H]12. The molecule has 5 atom stereocenters. The second-order valence-corrected chi connectivity index (χ2v) is 10.0. The Morgan fingerprint density at radius 1 is 1.21 bits per heavy atom. The standard InChI is InChI=1S/C23H29BN5O9P/c1-4-32-16(30)12-35-39(31)34-11-15-18-23(3,38-24(37-18)14-9-7-6-8-10-14)21(36-15)29-13-26-17-19(29)27-22(25)28-20(17)33-5-2/h6-10,13,15,18,21,39H,4-5,11-12H2,1-3H3,(H2,25,27,28)/t15-,18-,21-,23-/m1/s1. The fourth-order valence-electron chi connectivity index (χ4n) is 4.67.